The highest BCUT2D eigenvalue weighted by Gasteiger charge is 2.27. The zero-order valence-electron chi connectivity index (χ0n) is 12.6. The molecule has 2 N–H and O–H groups in total. The summed E-state index contributed by atoms with van der Waals surface area (Å²) in [5.74, 6) is 0.418. The SMILES string of the molecule is CN(C)C(N)=NCc1ccc(S(=O)(=O)N2CCOCC2)s1.I. The van der Waals surface area contributed by atoms with Crippen LogP contribution >= 0.6 is 35.3 Å². The average Bonchev–Trinajstić information content (AvgIpc) is 2.95. The second kappa shape index (κ2) is 8.43. The van der Waals surface area contributed by atoms with Crippen molar-refractivity contribution in [1.29, 1.82) is 0 Å². The van der Waals surface area contributed by atoms with E-state index in [2.05, 4.69) is 4.99 Å². The van der Waals surface area contributed by atoms with Gasteiger partial charge in [-0.25, -0.2) is 13.4 Å². The molecule has 0 amide bonds. The number of sulfonamides is 1. The van der Waals surface area contributed by atoms with Crippen molar-refractivity contribution >= 4 is 51.3 Å². The smallest absolute Gasteiger partial charge is 0.252 e. The highest BCUT2D eigenvalue weighted by atomic mass is 127. The van der Waals surface area contributed by atoms with Gasteiger partial charge in [0.05, 0.1) is 19.8 Å². The molecular weight excluding hydrogens is 439 g/mol. The lowest BCUT2D eigenvalue weighted by Gasteiger charge is -2.25. The van der Waals surface area contributed by atoms with E-state index in [9.17, 15) is 8.42 Å². The van der Waals surface area contributed by atoms with Gasteiger partial charge >= 0.3 is 0 Å². The number of ether oxygens (including phenoxy) is 1. The lowest BCUT2D eigenvalue weighted by Crippen LogP contribution is -2.40. The van der Waals surface area contributed by atoms with Crippen molar-refractivity contribution < 1.29 is 13.2 Å². The van der Waals surface area contributed by atoms with Gasteiger partial charge < -0.3 is 15.4 Å². The highest BCUT2D eigenvalue weighted by molar-refractivity contribution is 14.0. The van der Waals surface area contributed by atoms with Crippen LogP contribution in [0, 0.1) is 0 Å². The topological polar surface area (TPSA) is 88.2 Å². The maximum Gasteiger partial charge on any atom is 0.252 e. The summed E-state index contributed by atoms with van der Waals surface area (Å²) in [6, 6.07) is 3.41. The van der Waals surface area contributed by atoms with Crippen molar-refractivity contribution in [1.82, 2.24) is 9.21 Å². The number of rotatable bonds is 4. The van der Waals surface area contributed by atoms with Crippen molar-refractivity contribution in [2.75, 3.05) is 40.4 Å². The van der Waals surface area contributed by atoms with Crippen molar-refractivity contribution in [3.8, 4) is 0 Å². The van der Waals surface area contributed by atoms with Crippen LogP contribution in [0.25, 0.3) is 0 Å². The van der Waals surface area contributed by atoms with Gasteiger partial charge in [-0.05, 0) is 12.1 Å². The van der Waals surface area contributed by atoms with Gasteiger partial charge in [-0.2, -0.15) is 4.31 Å². The predicted octanol–water partition coefficient (Wildman–Crippen LogP) is 0.763. The van der Waals surface area contributed by atoms with E-state index < -0.39 is 10.0 Å². The second-order valence-electron chi connectivity index (χ2n) is 4.81. The molecule has 1 aliphatic heterocycles. The molecule has 0 unspecified atom stereocenters. The first kappa shape index (κ1) is 19.6. The van der Waals surface area contributed by atoms with E-state index in [1.807, 2.05) is 14.1 Å². The Morgan fingerprint density at radius 1 is 1.41 bits per heavy atom. The summed E-state index contributed by atoms with van der Waals surface area (Å²) < 4.78 is 31.9. The fraction of sp³-hybridized carbons (Fsp3) is 0.583. The number of halogens is 1. The Balaban J connectivity index is 0.00000242. The summed E-state index contributed by atoms with van der Waals surface area (Å²) in [4.78, 5) is 6.78. The lowest BCUT2D eigenvalue weighted by atomic mass is 10.5. The molecule has 1 aromatic rings. The number of morpholine rings is 1. The van der Waals surface area contributed by atoms with Gasteiger partial charge in [0.2, 0.25) is 0 Å². The number of guanidine groups is 1. The molecule has 1 saturated heterocycles. The van der Waals surface area contributed by atoms with E-state index in [1.54, 1.807) is 17.0 Å². The number of nitrogens with zero attached hydrogens (tertiary/aromatic N) is 3. The average molecular weight is 460 g/mol. The fourth-order valence-electron chi connectivity index (χ4n) is 1.80. The molecule has 1 aliphatic rings. The molecule has 0 radical (unpaired) electrons. The van der Waals surface area contributed by atoms with Crippen LogP contribution in [0.5, 0.6) is 0 Å². The monoisotopic (exact) mass is 460 g/mol. The Labute approximate surface area is 152 Å². The molecule has 0 aromatic carbocycles. The minimum atomic E-state index is -3.41. The van der Waals surface area contributed by atoms with Crippen molar-refractivity contribution in [2.45, 2.75) is 10.8 Å². The zero-order chi connectivity index (χ0) is 15.5. The van der Waals surface area contributed by atoms with Crippen LogP contribution < -0.4 is 5.73 Å². The van der Waals surface area contributed by atoms with E-state index in [4.69, 9.17) is 10.5 Å². The summed E-state index contributed by atoms with van der Waals surface area (Å²) in [6.07, 6.45) is 0. The molecule has 0 spiro atoms. The maximum atomic E-state index is 12.5. The molecule has 2 heterocycles. The quantitative estimate of drug-likeness (QED) is 0.408. The standard InChI is InChI=1S/C12H20N4O3S2.HI/c1-15(2)12(13)14-9-10-3-4-11(20-10)21(17,18)16-5-7-19-8-6-16;/h3-4H,5-9H2,1-2H3,(H2,13,14);1H. The van der Waals surface area contributed by atoms with E-state index in [1.165, 1.54) is 15.6 Å². The highest BCUT2D eigenvalue weighted by Crippen LogP contribution is 2.26. The first-order valence-corrected chi connectivity index (χ1v) is 8.81. The molecule has 0 atom stereocenters. The van der Waals surface area contributed by atoms with Crippen LogP contribution in [0.3, 0.4) is 0 Å². The molecule has 22 heavy (non-hydrogen) atoms. The van der Waals surface area contributed by atoms with Gasteiger partial charge in [0.25, 0.3) is 10.0 Å². The van der Waals surface area contributed by atoms with Crippen LogP contribution in [0.4, 0.5) is 0 Å². The number of thiophene rings is 1. The van der Waals surface area contributed by atoms with Gasteiger partial charge in [0, 0.05) is 32.1 Å². The number of aliphatic imine (C=N–C) groups is 1. The largest absolute Gasteiger partial charge is 0.379 e. The molecule has 1 fully saturated rings. The van der Waals surface area contributed by atoms with Crippen molar-refractivity contribution in [3.63, 3.8) is 0 Å². The van der Waals surface area contributed by atoms with E-state index in [0.29, 0.717) is 43.0 Å². The van der Waals surface area contributed by atoms with E-state index in [-0.39, 0.29) is 24.0 Å². The van der Waals surface area contributed by atoms with Gasteiger partial charge in [-0.3, -0.25) is 0 Å². The second-order valence-corrected chi connectivity index (χ2v) is 8.14. The molecule has 0 aliphatic carbocycles. The Morgan fingerprint density at radius 3 is 2.64 bits per heavy atom. The number of hydrogen-bond donors (Lipinski definition) is 1. The summed E-state index contributed by atoms with van der Waals surface area (Å²) in [5.41, 5.74) is 5.71. The fourth-order valence-corrected chi connectivity index (χ4v) is 4.64. The van der Waals surface area contributed by atoms with Gasteiger partial charge in [-0.1, -0.05) is 0 Å². The first-order chi connectivity index (χ1) is 9.91. The molecular formula is C12H21IN4O3S2. The van der Waals surface area contributed by atoms with Crippen LogP contribution in [0.2, 0.25) is 0 Å². The Kier molecular flexibility index (Phi) is 7.52. The summed E-state index contributed by atoms with van der Waals surface area (Å²) in [5, 5.41) is 0. The van der Waals surface area contributed by atoms with Crippen LogP contribution in [0.1, 0.15) is 4.88 Å². The lowest BCUT2D eigenvalue weighted by molar-refractivity contribution is 0.0731. The molecule has 0 saturated carbocycles. The molecule has 126 valence electrons. The Morgan fingerprint density at radius 2 is 2.05 bits per heavy atom. The molecule has 10 heteroatoms. The van der Waals surface area contributed by atoms with Crippen LogP contribution in [0.15, 0.2) is 21.3 Å². The van der Waals surface area contributed by atoms with Gasteiger partial charge in [0.1, 0.15) is 4.21 Å². The van der Waals surface area contributed by atoms with E-state index >= 15 is 0 Å². The van der Waals surface area contributed by atoms with Crippen LogP contribution in [-0.2, 0) is 21.3 Å². The predicted molar refractivity (Wildman–Crippen MR) is 98.3 cm³/mol. The third-order valence-corrected chi connectivity index (χ3v) is 6.49. The molecule has 0 bridgehead atoms. The molecule has 1 aromatic heterocycles. The summed E-state index contributed by atoms with van der Waals surface area (Å²) in [6.45, 7) is 2.08. The number of hydrogen-bond acceptors (Lipinski definition) is 5. The first-order valence-electron chi connectivity index (χ1n) is 6.55. The Bertz CT molecular complexity index is 610. The third kappa shape index (κ3) is 4.78. The van der Waals surface area contributed by atoms with Gasteiger partial charge in [-0.15, -0.1) is 35.3 Å². The minimum Gasteiger partial charge on any atom is -0.379 e. The van der Waals surface area contributed by atoms with Gasteiger partial charge in [0.15, 0.2) is 5.96 Å². The Hall–Kier alpha value is -0.430. The third-order valence-electron chi connectivity index (χ3n) is 3.06. The molecule has 2 rings (SSSR count). The summed E-state index contributed by atoms with van der Waals surface area (Å²) >= 11 is 1.24. The summed E-state index contributed by atoms with van der Waals surface area (Å²) in [7, 11) is 0.200. The maximum absolute atomic E-state index is 12.5. The normalized spacial score (nSPS) is 17.1. The van der Waals surface area contributed by atoms with E-state index in [0.717, 1.165) is 4.88 Å². The molecule has 7 nitrogen and oxygen atoms in total. The van der Waals surface area contributed by atoms with Crippen molar-refractivity contribution in [2.24, 2.45) is 10.7 Å². The number of nitrogens with two attached hydrogens (primary N) is 1. The van der Waals surface area contributed by atoms with Crippen LogP contribution in [-0.4, -0.2) is 64.0 Å². The minimum absolute atomic E-state index is 0. The zero-order valence-corrected chi connectivity index (χ0v) is 16.5. The van der Waals surface area contributed by atoms with Crippen molar-refractivity contribution in [3.05, 3.63) is 17.0 Å².